The van der Waals surface area contributed by atoms with Crippen molar-refractivity contribution in [2.24, 2.45) is 10.2 Å². The normalized spacial score (nSPS) is 11.6. The van der Waals surface area contributed by atoms with E-state index in [4.69, 9.17) is 4.74 Å². The summed E-state index contributed by atoms with van der Waals surface area (Å²) < 4.78 is 6.14. The molecule has 0 aliphatic carbocycles. The Bertz CT molecular complexity index is 826. The Hall–Kier alpha value is -2.16. The van der Waals surface area contributed by atoms with Crippen LogP contribution < -0.4 is 4.74 Å². The second-order valence-corrected chi connectivity index (χ2v) is 9.38. The quantitative estimate of drug-likeness (QED) is 0.202. The van der Waals surface area contributed by atoms with Crippen LogP contribution in [-0.2, 0) is 0 Å². The zero-order valence-electron chi connectivity index (χ0n) is 21.1. The van der Waals surface area contributed by atoms with Gasteiger partial charge in [-0.3, -0.25) is 0 Å². The Balaban J connectivity index is 1.77. The number of rotatable bonds is 15. The summed E-state index contributed by atoms with van der Waals surface area (Å²) in [6.07, 6.45) is 13.4. The minimum atomic E-state index is 0.384. The highest BCUT2D eigenvalue weighted by molar-refractivity contribution is 5.49. The van der Waals surface area contributed by atoms with E-state index in [-0.39, 0.29) is 0 Å². The van der Waals surface area contributed by atoms with Gasteiger partial charge < -0.3 is 4.74 Å². The molecule has 0 amide bonds. The molecule has 3 heteroatoms. The summed E-state index contributed by atoms with van der Waals surface area (Å²) >= 11 is 0. The maximum Gasteiger partial charge on any atom is 0.122 e. The Morgan fingerprint density at radius 1 is 0.688 bits per heavy atom. The van der Waals surface area contributed by atoms with E-state index in [0.717, 1.165) is 30.2 Å². The van der Waals surface area contributed by atoms with Gasteiger partial charge >= 0.3 is 0 Å². The van der Waals surface area contributed by atoms with Crippen molar-refractivity contribution in [2.75, 3.05) is 6.61 Å². The first kappa shape index (κ1) is 26.1. The molecular weight excluding hydrogens is 392 g/mol. The fourth-order valence-electron chi connectivity index (χ4n) is 3.86. The molecule has 0 radical (unpaired) electrons. The van der Waals surface area contributed by atoms with Crippen LogP contribution in [-0.4, -0.2) is 6.61 Å². The predicted octanol–water partition coefficient (Wildman–Crippen LogP) is 10.1. The zero-order chi connectivity index (χ0) is 23.2. The summed E-state index contributed by atoms with van der Waals surface area (Å²) in [6.45, 7) is 11.7. The molecule has 0 spiro atoms. The number of hydrogen-bond acceptors (Lipinski definition) is 3. The van der Waals surface area contributed by atoms with Crippen LogP contribution in [0.2, 0.25) is 0 Å². The second kappa shape index (κ2) is 14.8. The second-order valence-electron chi connectivity index (χ2n) is 9.38. The van der Waals surface area contributed by atoms with E-state index in [1.807, 2.05) is 12.1 Å². The topological polar surface area (TPSA) is 34.0 Å². The monoisotopic (exact) mass is 436 g/mol. The van der Waals surface area contributed by atoms with Crippen molar-refractivity contribution in [2.45, 2.75) is 105 Å². The molecule has 0 saturated heterocycles. The van der Waals surface area contributed by atoms with Crippen LogP contribution in [0.4, 0.5) is 11.4 Å². The summed E-state index contributed by atoms with van der Waals surface area (Å²) in [7, 11) is 0. The molecule has 32 heavy (non-hydrogen) atoms. The molecule has 0 aliphatic heterocycles. The fourth-order valence-corrected chi connectivity index (χ4v) is 3.86. The molecule has 0 saturated carbocycles. The molecule has 0 atom stereocenters. The van der Waals surface area contributed by atoms with Crippen LogP contribution in [0, 0.1) is 13.8 Å². The van der Waals surface area contributed by atoms with Crippen molar-refractivity contribution in [1.29, 1.82) is 0 Å². The number of unbranched alkanes of at least 4 members (excludes halogenated alkanes) is 9. The van der Waals surface area contributed by atoms with E-state index in [1.165, 1.54) is 74.5 Å². The number of azo groups is 1. The predicted molar refractivity (Wildman–Crippen MR) is 138 cm³/mol. The Kier molecular flexibility index (Phi) is 12.1. The summed E-state index contributed by atoms with van der Waals surface area (Å²) in [4.78, 5) is 0. The van der Waals surface area contributed by atoms with Crippen molar-refractivity contribution >= 4 is 11.4 Å². The van der Waals surface area contributed by atoms with Gasteiger partial charge in [-0.1, -0.05) is 84.6 Å². The van der Waals surface area contributed by atoms with Crippen molar-refractivity contribution in [3.63, 3.8) is 0 Å². The maximum absolute atomic E-state index is 6.14. The number of aryl methyl sites for hydroxylation is 2. The largest absolute Gasteiger partial charge is 0.493 e. The Morgan fingerprint density at radius 2 is 1.25 bits per heavy atom. The smallest absolute Gasteiger partial charge is 0.122 e. The molecule has 176 valence electrons. The molecule has 2 rings (SSSR count). The number of hydrogen-bond donors (Lipinski definition) is 0. The Morgan fingerprint density at radius 3 is 1.84 bits per heavy atom. The van der Waals surface area contributed by atoms with Gasteiger partial charge in [-0.05, 0) is 73.2 Å². The summed E-state index contributed by atoms with van der Waals surface area (Å²) in [5.41, 5.74) is 5.47. The summed E-state index contributed by atoms with van der Waals surface area (Å²) in [5.74, 6) is 1.37. The van der Waals surface area contributed by atoms with E-state index >= 15 is 0 Å². The molecule has 0 aliphatic rings. The lowest BCUT2D eigenvalue weighted by molar-refractivity contribution is 0.300. The van der Waals surface area contributed by atoms with Crippen LogP contribution >= 0.6 is 0 Å². The lowest BCUT2D eigenvalue weighted by atomic mass is 10.0. The molecule has 0 unspecified atom stereocenters. The van der Waals surface area contributed by atoms with Gasteiger partial charge in [0.15, 0.2) is 0 Å². The molecule has 0 N–H and O–H groups in total. The minimum absolute atomic E-state index is 0.384. The Labute approximate surface area is 196 Å². The van der Waals surface area contributed by atoms with Crippen molar-refractivity contribution in [3.8, 4) is 5.75 Å². The third-order valence-corrected chi connectivity index (χ3v) is 6.14. The first-order valence-corrected chi connectivity index (χ1v) is 12.8. The highest BCUT2D eigenvalue weighted by Crippen LogP contribution is 2.31. The number of benzene rings is 2. The van der Waals surface area contributed by atoms with Gasteiger partial charge in [0.1, 0.15) is 5.75 Å². The average Bonchev–Trinajstić information content (AvgIpc) is 2.78. The summed E-state index contributed by atoms with van der Waals surface area (Å²) in [5, 5.41) is 8.89. The van der Waals surface area contributed by atoms with Gasteiger partial charge in [-0.2, -0.15) is 10.2 Å². The van der Waals surface area contributed by atoms with E-state index in [2.05, 4.69) is 69.1 Å². The molecule has 0 bridgehead atoms. The standard InChI is InChI=1S/C29H44N2O/c1-6-7-8-9-10-11-12-13-14-15-20-32-29-19-18-27(22-28(29)23(2)3)31-30-26-17-16-24(4)25(5)21-26/h16-19,21-23H,6-15,20H2,1-5H3/b31-30+. The first-order valence-electron chi connectivity index (χ1n) is 12.8. The highest BCUT2D eigenvalue weighted by atomic mass is 16.5. The third-order valence-electron chi connectivity index (χ3n) is 6.14. The van der Waals surface area contributed by atoms with Crippen LogP contribution in [0.1, 0.15) is 108 Å². The number of nitrogens with zero attached hydrogens (tertiary/aromatic N) is 2. The van der Waals surface area contributed by atoms with Crippen LogP contribution in [0.5, 0.6) is 5.75 Å². The van der Waals surface area contributed by atoms with E-state index < -0.39 is 0 Å². The first-order chi connectivity index (χ1) is 15.5. The van der Waals surface area contributed by atoms with Gasteiger partial charge in [0.25, 0.3) is 0 Å². The summed E-state index contributed by atoms with van der Waals surface area (Å²) in [6, 6.07) is 12.4. The highest BCUT2D eigenvalue weighted by Gasteiger charge is 2.09. The maximum atomic E-state index is 6.14. The van der Waals surface area contributed by atoms with E-state index in [0.29, 0.717) is 5.92 Å². The van der Waals surface area contributed by atoms with Gasteiger partial charge in [0.05, 0.1) is 18.0 Å². The molecule has 0 heterocycles. The molecule has 3 nitrogen and oxygen atoms in total. The van der Waals surface area contributed by atoms with E-state index in [9.17, 15) is 0 Å². The third kappa shape index (κ3) is 9.54. The van der Waals surface area contributed by atoms with Crippen LogP contribution in [0.15, 0.2) is 46.6 Å². The van der Waals surface area contributed by atoms with Crippen molar-refractivity contribution in [1.82, 2.24) is 0 Å². The zero-order valence-corrected chi connectivity index (χ0v) is 21.1. The molecule has 0 fully saturated rings. The number of ether oxygens (including phenoxy) is 1. The minimum Gasteiger partial charge on any atom is -0.493 e. The lowest BCUT2D eigenvalue weighted by Gasteiger charge is -2.14. The van der Waals surface area contributed by atoms with Crippen LogP contribution in [0.3, 0.4) is 0 Å². The van der Waals surface area contributed by atoms with Gasteiger partial charge in [0.2, 0.25) is 0 Å². The molecule has 0 aromatic heterocycles. The lowest BCUT2D eigenvalue weighted by Crippen LogP contribution is -2.01. The van der Waals surface area contributed by atoms with Crippen molar-refractivity contribution in [3.05, 3.63) is 53.1 Å². The molecule has 2 aromatic carbocycles. The van der Waals surface area contributed by atoms with Gasteiger partial charge in [0, 0.05) is 0 Å². The average molecular weight is 437 g/mol. The van der Waals surface area contributed by atoms with E-state index in [1.54, 1.807) is 0 Å². The van der Waals surface area contributed by atoms with Gasteiger partial charge in [-0.25, -0.2) is 0 Å². The van der Waals surface area contributed by atoms with Gasteiger partial charge in [-0.15, -0.1) is 0 Å². The molecule has 2 aromatic rings. The SMILES string of the molecule is CCCCCCCCCCCCOc1ccc(/N=N/c2ccc(C)c(C)c2)cc1C(C)C. The van der Waals surface area contributed by atoms with Crippen molar-refractivity contribution < 1.29 is 4.74 Å². The van der Waals surface area contributed by atoms with Crippen LogP contribution in [0.25, 0.3) is 0 Å². The fraction of sp³-hybridized carbons (Fsp3) is 0.586. The molecular formula is C29H44N2O.